The first-order valence-corrected chi connectivity index (χ1v) is 11.9. The van der Waals surface area contributed by atoms with Gasteiger partial charge in [0.2, 0.25) is 0 Å². The van der Waals surface area contributed by atoms with Crippen molar-refractivity contribution in [2.45, 2.75) is 39.2 Å². The number of amides is 1. The van der Waals surface area contributed by atoms with Gasteiger partial charge in [-0.15, -0.1) is 0 Å². The quantitative estimate of drug-likeness (QED) is 0.467. The Hall–Kier alpha value is -3.32. The number of hydrogen-bond donors (Lipinski definition) is 0. The van der Waals surface area contributed by atoms with Crippen molar-refractivity contribution in [3.05, 3.63) is 63.3 Å². The lowest BCUT2D eigenvalue weighted by molar-refractivity contribution is 0.0237. The van der Waals surface area contributed by atoms with Gasteiger partial charge in [-0.3, -0.25) is 9.78 Å². The van der Waals surface area contributed by atoms with Crippen molar-refractivity contribution in [2.75, 3.05) is 20.2 Å². The molecule has 1 amide bonds. The highest BCUT2D eigenvalue weighted by Gasteiger charge is 2.25. The molecule has 35 heavy (non-hydrogen) atoms. The van der Waals surface area contributed by atoms with Crippen LogP contribution < -0.4 is 10.3 Å². The lowest BCUT2D eigenvalue weighted by atomic mass is 9.97. The number of halogens is 1. The molecule has 1 saturated heterocycles. The third-order valence-corrected chi connectivity index (χ3v) is 6.33. The van der Waals surface area contributed by atoms with Crippen LogP contribution in [0.25, 0.3) is 28.0 Å². The number of carbonyl (C=O) groups is 1. The van der Waals surface area contributed by atoms with Crippen LogP contribution in [0.15, 0.2) is 47.2 Å². The zero-order valence-electron chi connectivity index (χ0n) is 20.7. The van der Waals surface area contributed by atoms with Crippen LogP contribution in [0.1, 0.15) is 39.2 Å². The molecule has 0 bridgehead atoms. The van der Waals surface area contributed by atoms with Crippen molar-refractivity contribution < 1.29 is 14.3 Å². The van der Waals surface area contributed by atoms with Crippen LogP contribution in [0, 0.1) is 0 Å². The van der Waals surface area contributed by atoms with Gasteiger partial charge in [-0.1, -0.05) is 23.3 Å². The van der Waals surface area contributed by atoms with Gasteiger partial charge < -0.3 is 18.9 Å². The van der Waals surface area contributed by atoms with E-state index in [1.165, 1.54) is 5.57 Å². The molecule has 0 unspecified atom stereocenters. The van der Waals surface area contributed by atoms with E-state index in [0.717, 1.165) is 34.9 Å². The van der Waals surface area contributed by atoms with E-state index in [-0.39, 0.29) is 11.7 Å². The Morgan fingerprint density at radius 2 is 1.89 bits per heavy atom. The fourth-order valence-electron chi connectivity index (χ4n) is 4.25. The summed E-state index contributed by atoms with van der Waals surface area (Å²) in [4.78, 5) is 30.8. The van der Waals surface area contributed by atoms with E-state index in [4.69, 9.17) is 21.1 Å². The number of methoxy groups -OCH3 is 1. The highest BCUT2D eigenvalue weighted by molar-refractivity contribution is 6.32. The van der Waals surface area contributed by atoms with Gasteiger partial charge in [-0.05, 0) is 62.8 Å². The molecule has 184 valence electrons. The Labute approximate surface area is 209 Å². The number of pyridine rings is 2. The summed E-state index contributed by atoms with van der Waals surface area (Å²) >= 11 is 6.77. The van der Waals surface area contributed by atoms with Gasteiger partial charge in [0.1, 0.15) is 11.4 Å². The number of ether oxygens (including phenoxy) is 2. The molecule has 7 nitrogen and oxygen atoms in total. The van der Waals surface area contributed by atoms with E-state index in [9.17, 15) is 9.59 Å². The maximum Gasteiger partial charge on any atom is 0.410 e. The Bertz CT molecular complexity index is 1360. The molecule has 0 N–H and O–H groups in total. The first kappa shape index (κ1) is 24.8. The third-order valence-electron chi connectivity index (χ3n) is 6.01. The maximum absolute atomic E-state index is 12.5. The normalized spacial score (nSPS) is 14.2. The second-order valence-corrected chi connectivity index (χ2v) is 10.1. The number of aromatic nitrogens is 2. The Morgan fingerprint density at radius 3 is 2.54 bits per heavy atom. The number of hydrogen-bond acceptors (Lipinski definition) is 5. The highest BCUT2D eigenvalue weighted by Crippen LogP contribution is 2.37. The fourth-order valence-corrected chi connectivity index (χ4v) is 4.52. The lowest BCUT2D eigenvalue weighted by Gasteiger charge is -2.31. The number of carbonyl (C=O) groups excluding carboxylic acids is 1. The molecular formula is C27H30ClN3O4. The molecule has 3 heterocycles. The van der Waals surface area contributed by atoms with Crippen molar-refractivity contribution >= 4 is 34.5 Å². The number of piperidine rings is 1. The van der Waals surface area contributed by atoms with Crippen LogP contribution >= 0.6 is 11.6 Å². The second-order valence-electron chi connectivity index (χ2n) is 9.72. The number of benzene rings is 1. The number of likely N-dealkylation sites (tertiary alicyclic amines) is 1. The van der Waals surface area contributed by atoms with Gasteiger partial charge in [-0.2, -0.15) is 0 Å². The summed E-state index contributed by atoms with van der Waals surface area (Å²) in [6, 6.07) is 5.67. The van der Waals surface area contributed by atoms with Crippen molar-refractivity contribution in [3.63, 3.8) is 0 Å². The summed E-state index contributed by atoms with van der Waals surface area (Å²) in [5, 5.41) is 1.91. The Morgan fingerprint density at radius 1 is 1.17 bits per heavy atom. The SMILES string of the molecule is COc1cc(-c2cn(C)c(=O)c3cnccc23)cc(Cl)c1C=C1CCN(C(=O)OC(C)(C)C)CC1. The van der Waals surface area contributed by atoms with E-state index < -0.39 is 5.60 Å². The molecule has 8 heteroatoms. The highest BCUT2D eigenvalue weighted by atomic mass is 35.5. The topological polar surface area (TPSA) is 73.7 Å². The monoisotopic (exact) mass is 495 g/mol. The predicted molar refractivity (Wildman–Crippen MR) is 139 cm³/mol. The zero-order valence-corrected chi connectivity index (χ0v) is 21.5. The maximum atomic E-state index is 12.5. The van der Waals surface area contributed by atoms with Gasteiger partial charge in [0, 0.05) is 49.9 Å². The van der Waals surface area contributed by atoms with E-state index >= 15 is 0 Å². The molecule has 4 rings (SSSR count). The van der Waals surface area contributed by atoms with Crippen LogP contribution in [0.3, 0.4) is 0 Å². The standard InChI is InChI=1S/C27H30ClN3O4/c1-27(2,3)35-26(33)31-10-7-17(8-11-31)12-20-23(28)13-18(14-24(20)34-5)22-16-30(4)25(32)21-15-29-9-6-19(21)22/h6,9,12-16H,7-8,10-11H2,1-5H3. The van der Waals surface area contributed by atoms with Crippen molar-refractivity contribution in [3.8, 4) is 16.9 Å². The first-order valence-electron chi connectivity index (χ1n) is 11.6. The second kappa shape index (κ2) is 9.74. The molecular weight excluding hydrogens is 466 g/mol. The van der Waals surface area contributed by atoms with Gasteiger partial charge in [0.25, 0.3) is 5.56 Å². The molecule has 1 fully saturated rings. The molecule has 0 radical (unpaired) electrons. The number of nitrogens with zero attached hydrogens (tertiary/aromatic N) is 3. The van der Waals surface area contributed by atoms with E-state index in [0.29, 0.717) is 29.2 Å². The largest absolute Gasteiger partial charge is 0.496 e. The zero-order chi connectivity index (χ0) is 25.3. The minimum absolute atomic E-state index is 0.103. The summed E-state index contributed by atoms with van der Waals surface area (Å²) in [5.41, 5.74) is 3.10. The van der Waals surface area contributed by atoms with Crippen molar-refractivity contribution in [1.29, 1.82) is 0 Å². The van der Waals surface area contributed by atoms with Crippen LogP contribution in [0.4, 0.5) is 4.79 Å². The van der Waals surface area contributed by atoms with Gasteiger partial charge in [0.15, 0.2) is 0 Å². The summed E-state index contributed by atoms with van der Waals surface area (Å²) in [7, 11) is 3.34. The molecule has 0 atom stereocenters. The minimum atomic E-state index is -0.511. The van der Waals surface area contributed by atoms with Crippen LogP contribution in [0.5, 0.6) is 5.75 Å². The summed E-state index contributed by atoms with van der Waals surface area (Å²) in [6.07, 6.45) is 8.31. The minimum Gasteiger partial charge on any atom is -0.496 e. The molecule has 1 aliphatic rings. The Balaban J connectivity index is 1.64. The van der Waals surface area contributed by atoms with Crippen LogP contribution in [0.2, 0.25) is 5.02 Å². The smallest absolute Gasteiger partial charge is 0.410 e. The Kier molecular flexibility index (Phi) is 6.90. The third kappa shape index (κ3) is 5.35. The van der Waals surface area contributed by atoms with E-state index in [1.54, 1.807) is 42.2 Å². The van der Waals surface area contributed by atoms with Crippen LogP contribution in [-0.4, -0.2) is 46.3 Å². The fraction of sp³-hybridized carbons (Fsp3) is 0.370. The van der Waals surface area contributed by atoms with E-state index in [1.807, 2.05) is 39.0 Å². The molecule has 2 aromatic heterocycles. The van der Waals surface area contributed by atoms with Crippen molar-refractivity contribution in [2.24, 2.45) is 7.05 Å². The molecule has 0 aliphatic carbocycles. The first-order chi connectivity index (χ1) is 16.6. The van der Waals surface area contributed by atoms with E-state index in [2.05, 4.69) is 11.1 Å². The number of aryl methyl sites for hydroxylation is 1. The van der Waals surface area contributed by atoms with Crippen LogP contribution in [-0.2, 0) is 11.8 Å². The molecule has 3 aromatic rings. The average Bonchev–Trinajstić information content (AvgIpc) is 2.82. The number of rotatable bonds is 3. The van der Waals surface area contributed by atoms with Crippen molar-refractivity contribution in [1.82, 2.24) is 14.5 Å². The lowest BCUT2D eigenvalue weighted by Crippen LogP contribution is -2.40. The summed E-state index contributed by atoms with van der Waals surface area (Å²) < 4.78 is 12.8. The summed E-state index contributed by atoms with van der Waals surface area (Å²) in [6.45, 7) is 6.79. The molecule has 1 aromatic carbocycles. The van der Waals surface area contributed by atoms with Gasteiger partial charge in [0.05, 0.1) is 17.5 Å². The van der Waals surface area contributed by atoms with Gasteiger partial charge in [-0.25, -0.2) is 4.79 Å². The summed E-state index contributed by atoms with van der Waals surface area (Å²) in [5.74, 6) is 0.644. The van der Waals surface area contributed by atoms with Gasteiger partial charge >= 0.3 is 6.09 Å². The average molecular weight is 496 g/mol. The molecule has 1 aliphatic heterocycles. The molecule has 0 saturated carbocycles. The molecule has 0 spiro atoms. The predicted octanol–water partition coefficient (Wildman–Crippen LogP) is 5.68. The number of fused-ring (bicyclic) bond motifs is 1.